The zero-order valence-corrected chi connectivity index (χ0v) is 14.6. The van der Waals surface area contributed by atoms with Gasteiger partial charge in [0.15, 0.2) is 0 Å². The average molecular weight is 369 g/mol. The first-order chi connectivity index (χ1) is 13.0. The molecule has 3 fully saturated rings. The average Bonchev–Trinajstić information content (AvgIpc) is 3.36. The van der Waals surface area contributed by atoms with Crippen LogP contribution in [0.1, 0.15) is 45.5 Å². The molecule has 0 aromatic heterocycles. The standard InChI is InChI=1S/C19H19N3O5/c23-16-4-3-15(17(24)20-16)22-7-11-5-10(1-2-14(11)19(22)26)18(25)21-8-13-6-12(21)9-27-13/h1-2,5,12-13,15H,3-4,6-9H2,(H,20,23,24). The lowest BCUT2D eigenvalue weighted by Gasteiger charge is -2.29. The van der Waals surface area contributed by atoms with Gasteiger partial charge in [-0.15, -0.1) is 0 Å². The summed E-state index contributed by atoms with van der Waals surface area (Å²) in [5.74, 6) is -1.01. The molecule has 140 valence electrons. The SMILES string of the molecule is O=C1CCC(N2Cc3cc(C(=O)N4CC5CC4CO5)ccc3C2=O)C(=O)N1. The first kappa shape index (κ1) is 16.4. The third kappa shape index (κ3) is 2.55. The number of morpholine rings is 1. The Morgan fingerprint density at radius 3 is 2.78 bits per heavy atom. The zero-order valence-electron chi connectivity index (χ0n) is 14.6. The summed E-state index contributed by atoms with van der Waals surface area (Å²) in [4.78, 5) is 52.4. The fourth-order valence-electron chi connectivity index (χ4n) is 4.52. The number of nitrogens with zero attached hydrogens (tertiary/aromatic N) is 2. The Hall–Kier alpha value is -2.74. The van der Waals surface area contributed by atoms with Gasteiger partial charge in [-0.05, 0) is 36.6 Å². The Kier molecular flexibility index (Phi) is 3.58. The van der Waals surface area contributed by atoms with Gasteiger partial charge >= 0.3 is 0 Å². The second kappa shape index (κ2) is 5.88. The Bertz CT molecular complexity index is 882. The number of imide groups is 1. The number of piperidine rings is 1. The summed E-state index contributed by atoms with van der Waals surface area (Å²) in [5.41, 5.74) is 1.82. The van der Waals surface area contributed by atoms with Gasteiger partial charge in [-0.1, -0.05) is 0 Å². The van der Waals surface area contributed by atoms with Crippen LogP contribution in [0.15, 0.2) is 18.2 Å². The largest absolute Gasteiger partial charge is 0.374 e. The molecule has 5 rings (SSSR count). The van der Waals surface area contributed by atoms with E-state index < -0.39 is 11.9 Å². The molecule has 4 aliphatic rings. The zero-order chi connectivity index (χ0) is 18.7. The van der Waals surface area contributed by atoms with E-state index in [2.05, 4.69) is 5.32 Å². The van der Waals surface area contributed by atoms with Crippen LogP contribution in [0, 0.1) is 0 Å². The van der Waals surface area contributed by atoms with Gasteiger partial charge in [-0.2, -0.15) is 0 Å². The van der Waals surface area contributed by atoms with Crippen molar-refractivity contribution in [3.63, 3.8) is 0 Å². The van der Waals surface area contributed by atoms with Crippen molar-refractivity contribution in [1.29, 1.82) is 0 Å². The number of carbonyl (C=O) groups excluding carboxylic acids is 4. The van der Waals surface area contributed by atoms with Gasteiger partial charge in [-0.25, -0.2) is 0 Å². The molecule has 0 saturated carbocycles. The minimum atomic E-state index is -0.645. The summed E-state index contributed by atoms with van der Waals surface area (Å²) in [6.45, 7) is 1.47. The summed E-state index contributed by atoms with van der Waals surface area (Å²) >= 11 is 0. The molecule has 8 nitrogen and oxygen atoms in total. The van der Waals surface area contributed by atoms with Crippen LogP contribution in [0.5, 0.6) is 0 Å². The first-order valence-corrected chi connectivity index (χ1v) is 9.21. The van der Waals surface area contributed by atoms with Crippen LogP contribution < -0.4 is 5.32 Å². The predicted molar refractivity (Wildman–Crippen MR) is 91.7 cm³/mol. The third-order valence-electron chi connectivity index (χ3n) is 5.93. The molecule has 27 heavy (non-hydrogen) atoms. The molecule has 1 aromatic rings. The highest BCUT2D eigenvalue weighted by Gasteiger charge is 2.43. The number of fused-ring (bicyclic) bond motifs is 3. The van der Waals surface area contributed by atoms with Crippen molar-refractivity contribution in [2.75, 3.05) is 13.2 Å². The molecule has 3 atom stereocenters. The molecule has 8 heteroatoms. The van der Waals surface area contributed by atoms with Crippen LogP contribution in [0.4, 0.5) is 0 Å². The Morgan fingerprint density at radius 1 is 1.22 bits per heavy atom. The minimum Gasteiger partial charge on any atom is -0.374 e. The van der Waals surface area contributed by atoms with Crippen molar-refractivity contribution in [3.05, 3.63) is 34.9 Å². The molecular formula is C19H19N3O5. The van der Waals surface area contributed by atoms with Gasteiger partial charge < -0.3 is 14.5 Å². The highest BCUT2D eigenvalue weighted by Crippen LogP contribution is 2.31. The van der Waals surface area contributed by atoms with E-state index in [1.54, 1.807) is 18.2 Å². The summed E-state index contributed by atoms with van der Waals surface area (Å²) in [7, 11) is 0. The van der Waals surface area contributed by atoms with Crippen LogP contribution in [0.3, 0.4) is 0 Å². The first-order valence-electron chi connectivity index (χ1n) is 9.21. The number of likely N-dealkylation sites (tertiary alicyclic amines) is 1. The summed E-state index contributed by atoms with van der Waals surface area (Å²) in [5, 5.41) is 2.29. The van der Waals surface area contributed by atoms with E-state index in [0.717, 1.165) is 12.0 Å². The van der Waals surface area contributed by atoms with Crippen molar-refractivity contribution in [2.45, 2.75) is 44.0 Å². The maximum absolute atomic E-state index is 12.9. The molecule has 0 radical (unpaired) electrons. The lowest BCUT2D eigenvalue weighted by Crippen LogP contribution is -2.52. The molecule has 1 N–H and O–H groups in total. The fraction of sp³-hybridized carbons (Fsp3) is 0.474. The number of rotatable bonds is 2. The molecule has 2 bridgehead atoms. The second-order valence-electron chi connectivity index (χ2n) is 7.57. The Balaban J connectivity index is 1.37. The molecular weight excluding hydrogens is 350 g/mol. The van der Waals surface area contributed by atoms with Crippen LogP contribution >= 0.6 is 0 Å². The highest BCUT2D eigenvalue weighted by molar-refractivity contribution is 6.06. The van der Waals surface area contributed by atoms with Gasteiger partial charge in [0.05, 0.1) is 18.8 Å². The fourth-order valence-corrected chi connectivity index (χ4v) is 4.52. The normalized spacial score (nSPS) is 29.3. The Morgan fingerprint density at radius 2 is 2.07 bits per heavy atom. The molecule has 0 spiro atoms. The second-order valence-corrected chi connectivity index (χ2v) is 7.57. The molecule has 4 heterocycles. The van der Waals surface area contributed by atoms with Crippen LogP contribution in [-0.2, 0) is 20.9 Å². The number of hydrogen-bond donors (Lipinski definition) is 1. The molecule has 0 aliphatic carbocycles. The molecule has 1 aromatic carbocycles. The summed E-state index contributed by atoms with van der Waals surface area (Å²) in [6.07, 6.45) is 1.57. The summed E-state index contributed by atoms with van der Waals surface area (Å²) in [6, 6.07) is 4.60. The number of benzene rings is 1. The van der Waals surface area contributed by atoms with E-state index in [4.69, 9.17) is 4.74 Å². The summed E-state index contributed by atoms with van der Waals surface area (Å²) < 4.78 is 5.55. The lowest BCUT2D eigenvalue weighted by atomic mass is 10.0. The number of carbonyl (C=O) groups is 4. The van der Waals surface area contributed by atoms with E-state index in [1.165, 1.54) is 4.90 Å². The maximum Gasteiger partial charge on any atom is 0.255 e. The van der Waals surface area contributed by atoms with Crippen molar-refractivity contribution < 1.29 is 23.9 Å². The predicted octanol–water partition coefficient (Wildman–Crippen LogP) is 0.0609. The van der Waals surface area contributed by atoms with Gasteiger partial charge in [0.1, 0.15) is 6.04 Å². The topological polar surface area (TPSA) is 96.0 Å². The number of amides is 4. The van der Waals surface area contributed by atoms with Crippen molar-refractivity contribution in [3.8, 4) is 0 Å². The van der Waals surface area contributed by atoms with E-state index in [1.807, 2.05) is 4.90 Å². The lowest BCUT2D eigenvalue weighted by molar-refractivity contribution is -0.136. The van der Waals surface area contributed by atoms with Crippen molar-refractivity contribution in [1.82, 2.24) is 15.1 Å². The van der Waals surface area contributed by atoms with E-state index in [0.29, 0.717) is 30.7 Å². The number of hydrogen-bond acceptors (Lipinski definition) is 5. The molecule has 4 aliphatic heterocycles. The van der Waals surface area contributed by atoms with E-state index in [9.17, 15) is 19.2 Å². The van der Waals surface area contributed by atoms with Crippen molar-refractivity contribution in [2.24, 2.45) is 0 Å². The van der Waals surface area contributed by atoms with E-state index >= 15 is 0 Å². The number of nitrogens with one attached hydrogen (secondary N) is 1. The van der Waals surface area contributed by atoms with Crippen molar-refractivity contribution >= 4 is 23.6 Å². The molecule has 3 unspecified atom stereocenters. The maximum atomic E-state index is 12.9. The molecule has 4 amide bonds. The van der Waals surface area contributed by atoms with Gasteiger partial charge in [0, 0.05) is 30.6 Å². The molecule has 3 saturated heterocycles. The van der Waals surface area contributed by atoms with Gasteiger partial charge in [-0.3, -0.25) is 24.5 Å². The van der Waals surface area contributed by atoms with Crippen LogP contribution in [0.25, 0.3) is 0 Å². The Labute approximate surface area is 155 Å². The third-order valence-corrected chi connectivity index (χ3v) is 5.93. The quantitative estimate of drug-likeness (QED) is 0.744. The van der Waals surface area contributed by atoms with Gasteiger partial charge in [0.25, 0.3) is 11.8 Å². The number of ether oxygens (including phenoxy) is 1. The monoisotopic (exact) mass is 369 g/mol. The van der Waals surface area contributed by atoms with Crippen LogP contribution in [0.2, 0.25) is 0 Å². The minimum absolute atomic E-state index is 0.0412. The van der Waals surface area contributed by atoms with Gasteiger partial charge in [0.2, 0.25) is 11.8 Å². The highest BCUT2D eigenvalue weighted by atomic mass is 16.5. The van der Waals surface area contributed by atoms with Crippen LogP contribution in [-0.4, -0.2) is 64.8 Å². The van der Waals surface area contributed by atoms with E-state index in [-0.39, 0.29) is 42.8 Å². The smallest absolute Gasteiger partial charge is 0.255 e.